The summed E-state index contributed by atoms with van der Waals surface area (Å²) in [6.45, 7) is 3.17. The molecular weight excluding hydrogens is 335 g/mol. The molecule has 2 heterocycles. The highest BCUT2D eigenvalue weighted by atomic mass is 19.1. The lowest BCUT2D eigenvalue weighted by atomic mass is 10.2. The van der Waals surface area contributed by atoms with Gasteiger partial charge in [-0.1, -0.05) is 6.07 Å². The Kier molecular flexibility index (Phi) is 4.88. The topological polar surface area (TPSA) is 76.9 Å². The molecule has 7 heteroatoms. The number of aryl methyl sites for hydroxylation is 2. The molecule has 1 amide bonds. The van der Waals surface area contributed by atoms with Crippen LogP contribution < -0.4 is 10.9 Å². The molecule has 0 saturated heterocycles. The van der Waals surface area contributed by atoms with Gasteiger partial charge >= 0.3 is 0 Å². The molecule has 0 atom stereocenters. The van der Waals surface area contributed by atoms with Crippen LogP contribution >= 0.6 is 0 Å². The van der Waals surface area contributed by atoms with Crippen LogP contribution in [0.5, 0.6) is 0 Å². The summed E-state index contributed by atoms with van der Waals surface area (Å²) in [5.41, 5.74) is 1.81. The summed E-state index contributed by atoms with van der Waals surface area (Å²) >= 11 is 0. The number of halogens is 1. The highest BCUT2D eigenvalue weighted by molar-refractivity contribution is 5.91. The molecule has 6 nitrogen and oxygen atoms in total. The number of pyridine rings is 1. The van der Waals surface area contributed by atoms with Gasteiger partial charge in [-0.25, -0.2) is 9.37 Å². The molecule has 0 aliphatic rings. The second-order valence-corrected chi connectivity index (χ2v) is 5.84. The van der Waals surface area contributed by atoms with Gasteiger partial charge in [0.05, 0.1) is 11.4 Å². The molecule has 3 aromatic rings. The van der Waals surface area contributed by atoms with Gasteiger partial charge in [0.2, 0.25) is 5.91 Å². The van der Waals surface area contributed by atoms with E-state index in [1.165, 1.54) is 28.8 Å². The number of hydrogen-bond acceptors (Lipinski definition) is 4. The number of anilines is 1. The van der Waals surface area contributed by atoms with E-state index in [-0.39, 0.29) is 17.9 Å². The fraction of sp³-hybridized carbons (Fsp3) is 0.158. The van der Waals surface area contributed by atoms with E-state index >= 15 is 0 Å². The summed E-state index contributed by atoms with van der Waals surface area (Å²) in [4.78, 5) is 33.2. The molecule has 1 aromatic carbocycles. The minimum absolute atomic E-state index is 0.184. The highest BCUT2D eigenvalue weighted by Gasteiger charge is 2.12. The molecule has 26 heavy (non-hydrogen) atoms. The molecule has 0 bridgehead atoms. The number of benzene rings is 1. The summed E-state index contributed by atoms with van der Waals surface area (Å²) in [6.07, 6.45) is 1.62. The van der Waals surface area contributed by atoms with Crippen LogP contribution in [0.1, 0.15) is 11.4 Å². The Hall–Kier alpha value is -3.35. The molecule has 3 rings (SSSR count). The molecule has 0 radical (unpaired) electrons. The summed E-state index contributed by atoms with van der Waals surface area (Å²) < 4.78 is 14.4. The van der Waals surface area contributed by atoms with Crippen molar-refractivity contribution in [2.24, 2.45) is 0 Å². The molecule has 0 spiro atoms. The average molecular weight is 352 g/mol. The lowest BCUT2D eigenvalue weighted by Gasteiger charge is -2.12. The molecule has 0 aliphatic heterocycles. The lowest BCUT2D eigenvalue weighted by Crippen LogP contribution is -2.30. The smallest absolute Gasteiger partial charge is 0.254 e. The van der Waals surface area contributed by atoms with E-state index in [4.69, 9.17) is 0 Å². The van der Waals surface area contributed by atoms with E-state index in [2.05, 4.69) is 15.3 Å². The largest absolute Gasteiger partial charge is 0.324 e. The van der Waals surface area contributed by atoms with Crippen LogP contribution in [0.2, 0.25) is 0 Å². The predicted molar refractivity (Wildman–Crippen MR) is 96.2 cm³/mol. The fourth-order valence-electron chi connectivity index (χ4n) is 2.56. The van der Waals surface area contributed by atoms with Crippen molar-refractivity contribution < 1.29 is 9.18 Å². The van der Waals surface area contributed by atoms with Crippen molar-refractivity contribution in [1.82, 2.24) is 14.5 Å². The maximum atomic E-state index is 13.1. The number of amides is 1. The van der Waals surface area contributed by atoms with Crippen molar-refractivity contribution >= 4 is 11.6 Å². The fourth-order valence-corrected chi connectivity index (χ4v) is 2.56. The Morgan fingerprint density at radius 3 is 2.62 bits per heavy atom. The standard InChI is InChI=1S/C19H17FN4O2/c1-12-9-14(20)6-7-15(12)23-18(25)11-24-13(2)22-17(10-19(24)26)16-5-3-4-8-21-16/h3-10H,11H2,1-2H3,(H,23,25). The number of rotatable bonds is 4. The molecule has 1 N–H and O–H groups in total. The van der Waals surface area contributed by atoms with E-state index in [0.29, 0.717) is 28.5 Å². The Bertz CT molecular complexity index is 1020. The first kappa shape index (κ1) is 17.5. The summed E-state index contributed by atoms with van der Waals surface area (Å²) in [5.74, 6) is -0.358. The van der Waals surface area contributed by atoms with Gasteiger partial charge in [0.1, 0.15) is 18.2 Å². The number of aromatic nitrogens is 3. The van der Waals surface area contributed by atoms with Gasteiger partial charge in [-0.15, -0.1) is 0 Å². The average Bonchev–Trinajstić information content (AvgIpc) is 2.61. The van der Waals surface area contributed by atoms with Crippen LogP contribution in [0.4, 0.5) is 10.1 Å². The second kappa shape index (κ2) is 7.26. The normalized spacial score (nSPS) is 10.6. The highest BCUT2D eigenvalue weighted by Crippen LogP contribution is 2.16. The van der Waals surface area contributed by atoms with Gasteiger partial charge in [-0.3, -0.25) is 19.1 Å². The van der Waals surface area contributed by atoms with Gasteiger partial charge in [0.15, 0.2) is 0 Å². The Morgan fingerprint density at radius 1 is 1.15 bits per heavy atom. The number of nitrogens with zero attached hydrogens (tertiary/aromatic N) is 3. The van der Waals surface area contributed by atoms with Crippen LogP contribution in [-0.4, -0.2) is 20.4 Å². The molecule has 0 saturated carbocycles. The number of hydrogen-bond donors (Lipinski definition) is 1. The zero-order valence-electron chi connectivity index (χ0n) is 14.4. The maximum absolute atomic E-state index is 13.1. The predicted octanol–water partition coefficient (Wildman–Crippen LogP) is 2.70. The van der Waals surface area contributed by atoms with E-state index in [1.807, 2.05) is 6.07 Å². The summed E-state index contributed by atoms with van der Waals surface area (Å²) in [7, 11) is 0. The third-order valence-corrected chi connectivity index (χ3v) is 3.89. The van der Waals surface area contributed by atoms with Crippen molar-refractivity contribution in [1.29, 1.82) is 0 Å². The number of carbonyl (C=O) groups is 1. The van der Waals surface area contributed by atoms with Crippen molar-refractivity contribution in [3.63, 3.8) is 0 Å². The van der Waals surface area contributed by atoms with E-state index < -0.39 is 5.91 Å². The summed E-state index contributed by atoms with van der Waals surface area (Å²) in [6, 6.07) is 10.8. The summed E-state index contributed by atoms with van der Waals surface area (Å²) in [5, 5.41) is 2.68. The van der Waals surface area contributed by atoms with Crippen LogP contribution in [0.15, 0.2) is 53.5 Å². The first-order valence-corrected chi connectivity index (χ1v) is 8.00. The SMILES string of the molecule is Cc1cc(F)ccc1NC(=O)Cn1c(C)nc(-c2ccccn2)cc1=O. The van der Waals surface area contributed by atoms with Crippen molar-refractivity contribution in [3.05, 3.63) is 76.2 Å². The molecule has 2 aromatic heterocycles. The van der Waals surface area contributed by atoms with Gasteiger partial charge in [-0.2, -0.15) is 0 Å². The van der Waals surface area contributed by atoms with Crippen LogP contribution in [0.3, 0.4) is 0 Å². The van der Waals surface area contributed by atoms with Crippen LogP contribution in [-0.2, 0) is 11.3 Å². The molecular formula is C19H17FN4O2. The first-order chi connectivity index (χ1) is 12.4. The van der Waals surface area contributed by atoms with E-state index in [0.717, 1.165) is 0 Å². The third kappa shape index (κ3) is 3.83. The van der Waals surface area contributed by atoms with Crippen molar-refractivity contribution in [2.45, 2.75) is 20.4 Å². The van der Waals surface area contributed by atoms with E-state index in [9.17, 15) is 14.0 Å². The van der Waals surface area contributed by atoms with Crippen molar-refractivity contribution in [3.8, 4) is 11.4 Å². The monoisotopic (exact) mass is 352 g/mol. The minimum atomic E-state index is -0.391. The number of nitrogens with one attached hydrogen (secondary N) is 1. The van der Waals surface area contributed by atoms with E-state index in [1.54, 1.807) is 32.2 Å². The van der Waals surface area contributed by atoms with Crippen LogP contribution in [0.25, 0.3) is 11.4 Å². The third-order valence-electron chi connectivity index (χ3n) is 3.89. The Labute approximate surface area is 149 Å². The Morgan fingerprint density at radius 2 is 1.96 bits per heavy atom. The molecule has 132 valence electrons. The number of carbonyl (C=O) groups excluding carboxylic acids is 1. The first-order valence-electron chi connectivity index (χ1n) is 8.00. The Balaban J connectivity index is 1.81. The maximum Gasteiger partial charge on any atom is 0.254 e. The zero-order chi connectivity index (χ0) is 18.7. The minimum Gasteiger partial charge on any atom is -0.324 e. The molecule has 0 unspecified atom stereocenters. The molecule has 0 aliphatic carbocycles. The van der Waals surface area contributed by atoms with Gasteiger partial charge in [-0.05, 0) is 49.7 Å². The van der Waals surface area contributed by atoms with Gasteiger partial charge in [0, 0.05) is 18.0 Å². The zero-order valence-corrected chi connectivity index (χ0v) is 14.4. The second-order valence-electron chi connectivity index (χ2n) is 5.84. The van der Waals surface area contributed by atoms with Gasteiger partial charge < -0.3 is 5.32 Å². The van der Waals surface area contributed by atoms with Gasteiger partial charge in [0.25, 0.3) is 5.56 Å². The molecule has 0 fully saturated rings. The lowest BCUT2D eigenvalue weighted by molar-refractivity contribution is -0.116. The van der Waals surface area contributed by atoms with Crippen LogP contribution in [0, 0.1) is 19.7 Å². The van der Waals surface area contributed by atoms with Crippen molar-refractivity contribution in [2.75, 3.05) is 5.32 Å². The quantitative estimate of drug-likeness (QED) is 0.783.